The van der Waals surface area contributed by atoms with Crippen molar-refractivity contribution in [2.45, 2.75) is 17.7 Å². The van der Waals surface area contributed by atoms with Crippen LogP contribution in [-0.2, 0) is 0 Å². The molecule has 1 aliphatic carbocycles. The van der Waals surface area contributed by atoms with Crippen molar-refractivity contribution in [2.75, 3.05) is 11.5 Å². The molecule has 1 saturated carbocycles. The van der Waals surface area contributed by atoms with E-state index in [0.29, 0.717) is 0 Å². The second kappa shape index (κ2) is 3.40. The molecule has 2 heteroatoms. The number of nitrogen functional groups attached to an aromatic ring is 1. The second-order valence-electron chi connectivity index (χ2n) is 3.32. The number of nitrogens with two attached hydrogens (primary N) is 1. The molecule has 1 aliphatic rings. The molecule has 1 aromatic carbocycles. The smallest absolute Gasteiger partial charge is 0.0314 e. The molecule has 0 spiro atoms. The summed E-state index contributed by atoms with van der Waals surface area (Å²) in [6.45, 7) is 0. The van der Waals surface area contributed by atoms with Crippen LogP contribution >= 0.6 is 11.8 Å². The zero-order valence-corrected chi connectivity index (χ0v) is 7.81. The van der Waals surface area contributed by atoms with E-state index in [-0.39, 0.29) is 0 Å². The Morgan fingerprint density at radius 2 is 1.92 bits per heavy atom. The third-order valence-electron chi connectivity index (χ3n) is 2.06. The molecule has 0 aliphatic heterocycles. The fourth-order valence-corrected chi connectivity index (χ4v) is 2.15. The van der Waals surface area contributed by atoms with Crippen molar-refractivity contribution >= 4 is 17.4 Å². The Bertz CT molecular complexity index is 251. The first-order valence-corrected chi connectivity index (χ1v) is 5.31. The monoisotopic (exact) mass is 179 g/mol. The number of anilines is 1. The van der Waals surface area contributed by atoms with E-state index in [1.54, 1.807) is 0 Å². The van der Waals surface area contributed by atoms with Gasteiger partial charge < -0.3 is 5.73 Å². The maximum Gasteiger partial charge on any atom is 0.0314 e. The number of benzene rings is 1. The van der Waals surface area contributed by atoms with Crippen LogP contribution in [0.15, 0.2) is 29.2 Å². The van der Waals surface area contributed by atoms with E-state index in [9.17, 15) is 0 Å². The number of hydrogen-bond acceptors (Lipinski definition) is 2. The molecule has 0 amide bonds. The molecule has 0 heterocycles. The molecule has 12 heavy (non-hydrogen) atoms. The topological polar surface area (TPSA) is 26.0 Å². The highest BCUT2D eigenvalue weighted by molar-refractivity contribution is 7.99. The van der Waals surface area contributed by atoms with Crippen LogP contribution in [0.2, 0.25) is 0 Å². The molecule has 0 radical (unpaired) electrons. The highest BCUT2D eigenvalue weighted by Crippen LogP contribution is 2.35. The van der Waals surface area contributed by atoms with E-state index in [0.717, 1.165) is 11.6 Å². The summed E-state index contributed by atoms with van der Waals surface area (Å²) in [5.74, 6) is 2.27. The molecule has 0 bridgehead atoms. The predicted molar refractivity (Wildman–Crippen MR) is 54.3 cm³/mol. The van der Waals surface area contributed by atoms with Crippen molar-refractivity contribution in [3.63, 3.8) is 0 Å². The average molecular weight is 179 g/mol. The van der Waals surface area contributed by atoms with Gasteiger partial charge in [-0.2, -0.15) is 0 Å². The third-order valence-corrected chi connectivity index (χ3v) is 3.31. The molecule has 0 unspecified atom stereocenters. The number of rotatable bonds is 3. The summed E-state index contributed by atoms with van der Waals surface area (Å²) < 4.78 is 0. The Morgan fingerprint density at radius 3 is 2.50 bits per heavy atom. The van der Waals surface area contributed by atoms with Gasteiger partial charge in [0.15, 0.2) is 0 Å². The lowest BCUT2D eigenvalue weighted by atomic mass is 10.3. The average Bonchev–Trinajstić information content (AvgIpc) is 2.87. The summed E-state index contributed by atoms with van der Waals surface area (Å²) in [5.41, 5.74) is 6.44. The van der Waals surface area contributed by atoms with E-state index < -0.39 is 0 Å². The van der Waals surface area contributed by atoms with Gasteiger partial charge in [0.2, 0.25) is 0 Å². The fourth-order valence-electron chi connectivity index (χ4n) is 1.06. The van der Waals surface area contributed by atoms with Gasteiger partial charge in [0.05, 0.1) is 0 Å². The summed E-state index contributed by atoms with van der Waals surface area (Å²) in [7, 11) is 0. The first-order valence-electron chi connectivity index (χ1n) is 4.33. The molecule has 1 nitrogen and oxygen atoms in total. The molecule has 2 N–H and O–H groups in total. The van der Waals surface area contributed by atoms with Gasteiger partial charge in [-0.1, -0.05) is 0 Å². The minimum atomic E-state index is 0.853. The highest BCUT2D eigenvalue weighted by atomic mass is 32.2. The molecular weight excluding hydrogens is 166 g/mol. The van der Waals surface area contributed by atoms with Crippen LogP contribution in [0.3, 0.4) is 0 Å². The Labute approximate surface area is 77.3 Å². The van der Waals surface area contributed by atoms with E-state index in [4.69, 9.17) is 5.73 Å². The van der Waals surface area contributed by atoms with Crippen molar-refractivity contribution < 1.29 is 0 Å². The summed E-state index contributed by atoms with van der Waals surface area (Å²) in [6, 6.07) is 8.13. The molecular formula is C10H13NS. The fraction of sp³-hybridized carbons (Fsp3) is 0.400. The lowest BCUT2D eigenvalue weighted by molar-refractivity contribution is 1.000. The van der Waals surface area contributed by atoms with Crippen LogP contribution in [0.4, 0.5) is 5.69 Å². The van der Waals surface area contributed by atoms with Gasteiger partial charge >= 0.3 is 0 Å². The molecule has 0 saturated heterocycles. The Kier molecular flexibility index (Phi) is 2.26. The quantitative estimate of drug-likeness (QED) is 0.570. The number of thioether (sulfide) groups is 1. The normalized spacial score (nSPS) is 16.3. The largest absolute Gasteiger partial charge is 0.399 e. The lowest BCUT2D eigenvalue weighted by Gasteiger charge is -1.99. The minimum Gasteiger partial charge on any atom is -0.399 e. The second-order valence-corrected chi connectivity index (χ2v) is 4.42. The van der Waals surface area contributed by atoms with E-state index in [1.807, 2.05) is 23.9 Å². The van der Waals surface area contributed by atoms with Crippen molar-refractivity contribution in [2.24, 2.45) is 5.92 Å². The van der Waals surface area contributed by atoms with Crippen LogP contribution in [0.25, 0.3) is 0 Å². The first kappa shape index (κ1) is 7.99. The summed E-state index contributed by atoms with van der Waals surface area (Å²) in [4.78, 5) is 1.34. The van der Waals surface area contributed by atoms with Crippen molar-refractivity contribution in [1.29, 1.82) is 0 Å². The van der Waals surface area contributed by atoms with Gasteiger partial charge in [-0.05, 0) is 43.0 Å². The van der Waals surface area contributed by atoms with Gasteiger partial charge in [0, 0.05) is 16.3 Å². The standard InChI is InChI=1S/C10H13NS/c11-9-3-5-10(6-4-9)12-7-8-1-2-8/h3-6,8H,1-2,7,11H2. The molecule has 0 atom stereocenters. The Balaban J connectivity index is 1.89. The van der Waals surface area contributed by atoms with Gasteiger partial charge in [0.25, 0.3) is 0 Å². The highest BCUT2D eigenvalue weighted by Gasteiger charge is 2.20. The van der Waals surface area contributed by atoms with Crippen LogP contribution < -0.4 is 5.73 Å². The third kappa shape index (κ3) is 2.18. The predicted octanol–water partition coefficient (Wildman–Crippen LogP) is 2.77. The van der Waals surface area contributed by atoms with Crippen LogP contribution in [0, 0.1) is 5.92 Å². The van der Waals surface area contributed by atoms with Gasteiger partial charge in [-0.3, -0.25) is 0 Å². The van der Waals surface area contributed by atoms with Crippen LogP contribution in [-0.4, -0.2) is 5.75 Å². The zero-order chi connectivity index (χ0) is 8.39. The van der Waals surface area contributed by atoms with E-state index in [2.05, 4.69) is 12.1 Å². The van der Waals surface area contributed by atoms with Crippen molar-refractivity contribution in [1.82, 2.24) is 0 Å². The lowest BCUT2D eigenvalue weighted by Crippen LogP contribution is -1.84. The van der Waals surface area contributed by atoms with E-state index >= 15 is 0 Å². The summed E-state index contributed by atoms with van der Waals surface area (Å²) in [5, 5.41) is 0. The summed E-state index contributed by atoms with van der Waals surface area (Å²) >= 11 is 1.94. The van der Waals surface area contributed by atoms with Crippen molar-refractivity contribution in [3.8, 4) is 0 Å². The van der Waals surface area contributed by atoms with Gasteiger partial charge in [0.1, 0.15) is 0 Å². The van der Waals surface area contributed by atoms with Gasteiger partial charge in [-0.25, -0.2) is 0 Å². The maximum absolute atomic E-state index is 5.59. The Morgan fingerprint density at radius 1 is 1.25 bits per heavy atom. The first-order chi connectivity index (χ1) is 5.84. The van der Waals surface area contributed by atoms with E-state index in [1.165, 1.54) is 23.5 Å². The summed E-state index contributed by atoms with van der Waals surface area (Å²) in [6.07, 6.45) is 2.87. The minimum absolute atomic E-state index is 0.853. The number of hydrogen-bond donors (Lipinski definition) is 1. The molecule has 2 rings (SSSR count). The van der Waals surface area contributed by atoms with Crippen molar-refractivity contribution in [3.05, 3.63) is 24.3 Å². The van der Waals surface area contributed by atoms with Crippen LogP contribution in [0.5, 0.6) is 0 Å². The molecule has 64 valence electrons. The molecule has 0 aromatic heterocycles. The maximum atomic E-state index is 5.59. The van der Waals surface area contributed by atoms with Crippen LogP contribution in [0.1, 0.15) is 12.8 Å². The molecule has 1 fully saturated rings. The zero-order valence-electron chi connectivity index (χ0n) is 6.99. The molecule has 1 aromatic rings. The van der Waals surface area contributed by atoms with Gasteiger partial charge in [-0.15, -0.1) is 11.8 Å². The Hall–Kier alpha value is -0.630. The SMILES string of the molecule is Nc1ccc(SCC2CC2)cc1.